The van der Waals surface area contributed by atoms with E-state index < -0.39 is 11.0 Å². The van der Waals surface area contributed by atoms with Gasteiger partial charge in [-0.25, -0.2) is 0 Å². The predicted molar refractivity (Wildman–Crippen MR) is 87.5 cm³/mol. The number of hydrogen-bond donors (Lipinski definition) is 1. The summed E-state index contributed by atoms with van der Waals surface area (Å²) in [6.07, 6.45) is 1.27. The highest BCUT2D eigenvalue weighted by Gasteiger charge is 2.30. The van der Waals surface area contributed by atoms with Gasteiger partial charge < -0.3 is 10.1 Å². The van der Waals surface area contributed by atoms with Crippen molar-refractivity contribution in [2.45, 2.75) is 25.8 Å². The van der Waals surface area contributed by atoms with Crippen molar-refractivity contribution in [3.8, 4) is 0 Å². The van der Waals surface area contributed by atoms with Crippen LogP contribution in [-0.2, 0) is 14.3 Å². The smallest absolute Gasteiger partial charge is 0.308 e. The Hall–Kier alpha value is -2.48. The number of ether oxygens (including phenoxy) is 1. The van der Waals surface area contributed by atoms with E-state index in [0.717, 1.165) is 0 Å². The van der Waals surface area contributed by atoms with Crippen molar-refractivity contribution in [3.05, 3.63) is 34.4 Å². The van der Waals surface area contributed by atoms with Crippen LogP contribution in [0.2, 0.25) is 0 Å². The Morgan fingerprint density at radius 1 is 1.33 bits per heavy atom. The van der Waals surface area contributed by atoms with Crippen molar-refractivity contribution in [1.29, 1.82) is 0 Å². The van der Waals surface area contributed by atoms with Gasteiger partial charge in [0.1, 0.15) is 5.69 Å². The minimum Gasteiger partial charge on any atom is -0.469 e. The molecule has 1 aromatic rings. The standard InChI is InChI=1S/C16H21N3O5/c1-11(18-9-7-12(8-10-18)16(21)24-2)15(20)17-13-5-3-4-6-14(13)19(22)23/h3-6,11-12H,7-10H2,1-2H3,(H,17,20)/t11-/m0/s1. The van der Waals surface area contributed by atoms with Crippen molar-refractivity contribution in [1.82, 2.24) is 4.90 Å². The van der Waals surface area contributed by atoms with Crippen LogP contribution in [0.4, 0.5) is 11.4 Å². The lowest BCUT2D eigenvalue weighted by molar-refractivity contribution is -0.383. The summed E-state index contributed by atoms with van der Waals surface area (Å²) in [5.41, 5.74) is 0.0475. The number of hydrogen-bond acceptors (Lipinski definition) is 6. The van der Waals surface area contributed by atoms with E-state index in [1.807, 2.05) is 4.90 Å². The van der Waals surface area contributed by atoms with Gasteiger partial charge in [-0.3, -0.25) is 24.6 Å². The monoisotopic (exact) mass is 335 g/mol. The summed E-state index contributed by atoms with van der Waals surface area (Å²) in [6.45, 7) is 2.96. The van der Waals surface area contributed by atoms with Crippen molar-refractivity contribution < 1.29 is 19.2 Å². The normalized spacial score (nSPS) is 17.1. The van der Waals surface area contributed by atoms with E-state index in [1.165, 1.54) is 19.2 Å². The second-order valence-electron chi connectivity index (χ2n) is 5.77. The largest absolute Gasteiger partial charge is 0.469 e. The first kappa shape index (κ1) is 17.9. The van der Waals surface area contributed by atoms with E-state index in [4.69, 9.17) is 4.74 Å². The number of nitrogens with one attached hydrogen (secondary N) is 1. The molecule has 8 heteroatoms. The number of carbonyl (C=O) groups is 2. The Morgan fingerprint density at radius 2 is 1.96 bits per heavy atom. The number of amides is 1. The summed E-state index contributed by atoms with van der Waals surface area (Å²) < 4.78 is 4.75. The Morgan fingerprint density at radius 3 is 2.54 bits per heavy atom. The molecule has 8 nitrogen and oxygen atoms in total. The first-order valence-corrected chi connectivity index (χ1v) is 7.80. The van der Waals surface area contributed by atoms with E-state index in [-0.39, 0.29) is 29.2 Å². The minimum atomic E-state index is -0.526. The molecule has 1 atom stereocenters. The maximum absolute atomic E-state index is 12.4. The maximum atomic E-state index is 12.4. The molecule has 1 amide bonds. The Labute approximate surface area is 139 Å². The van der Waals surface area contributed by atoms with Gasteiger partial charge in [0.25, 0.3) is 5.69 Å². The molecule has 0 aromatic heterocycles. The highest BCUT2D eigenvalue weighted by Crippen LogP contribution is 2.24. The highest BCUT2D eigenvalue weighted by molar-refractivity contribution is 5.96. The first-order valence-electron chi connectivity index (χ1n) is 7.80. The molecule has 1 saturated heterocycles. The summed E-state index contributed by atoms with van der Waals surface area (Å²) in [5, 5.41) is 13.6. The number of methoxy groups -OCH3 is 1. The SMILES string of the molecule is COC(=O)C1CCN([C@@H](C)C(=O)Nc2ccccc2[N+](=O)[O-])CC1. The average Bonchev–Trinajstić information content (AvgIpc) is 2.60. The number of anilines is 1. The Bertz CT molecular complexity index is 626. The van der Waals surface area contributed by atoms with Gasteiger partial charge in [-0.15, -0.1) is 0 Å². The molecule has 1 fully saturated rings. The highest BCUT2D eigenvalue weighted by atomic mass is 16.6. The number of likely N-dealkylation sites (tertiary alicyclic amines) is 1. The minimum absolute atomic E-state index is 0.128. The summed E-state index contributed by atoms with van der Waals surface area (Å²) in [4.78, 5) is 36.4. The number of carbonyl (C=O) groups excluding carboxylic acids is 2. The van der Waals surface area contributed by atoms with Crippen LogP contribution in [0.15, 0.2) is 24.3 Å². The van der Waals surface area contributed by atoms with Crippen LogP contribution in [0.1, 0.15) is 19.8 Å². The first-order chi connectivity index (χ1) is 11.4. The van der Waals surface area contributed by atoms with Gasteiger partial charge in [0.05, 0.1) is 24.0 Å². The number of para-hydroxylation sites is 2. The second-order valence-corrected chi connectivity index (χ2v) is 5.77. The summed E-state index contributed by atoms with van der Waals surface area (Å²) in [6, 6.07) is 5.60. The van der Waals surface area contributed by atoms with Crippen LogP contribution in [0.25, 0.3) is 0 Å². The molecular weight excluding hydrogens is 314 g/mol. The Balaban J connectivity index is 1.96. The lowest BCUT2D eigenvalue weighted by atomic mass is 9.96. The van der Waals surface area contributed by atoms with E-state index in [2.05, 4.69) is 5.32 Å². The molecule has 0 bridgehead atoms. The number of nitrogens with zero attached hydrogens (tertiary/aromatic N) is 2. The molecule has 0 saturated carbocycles. The zero-order valence-corrected chi connectivity index (χ0v) is 13.7. The van der Waals surface area contributed by atoms with Crippen molar-refractivity contribution in [2.24, 2.45) is 5.92 Å². The van der Waals surface area contributed by atoms with Crippen LogP contribution in [0, 0.1) is 16.0 Å². The molecule has 24 heavy (non-hydrogen) atoms. The molecular formula is C16H21N3O5. The zero-order chi connectivity index (χ0) is 17.7. The van der Waals surface area contributed by atoms with Gasteiger partial charge in [0.15, 0.2) is 0 Å². The van der Waals surface area contributed by atoms with Gasteiger partial charge in [-0.1, -0.05) is 12.1 Å². The van der Waals surface area contributed by atoms with Crippen LogP contribution in [-0.4, -0.2) is 47.9 Å². The third kappa shape index (κ3) is 4.08. The fraction of sp³-hybridized carbons (Fsp3) is 0.500. The summed E-state index contributed by atoms with van der Waals surface area (Å²) in [7, 11) is 1.37. The van der Waals surface area contributed by atoms with E-state index >= 15 is 0 Å². The van der Waals surface area contributed by atoms with E-state index in [9.17, 15) is 19.7 Å². The van der Waals surface area contributed by atoms with Crippen molar-refractivity contribution in [2.75, 3.05) is 25.5 Å². The Kier molecular flexibility index (Phi) is 5.86. The number of piperidine rings is 1. The molecule has 130 valence electrons. The molecule has 0 radical (unpaired) electrons. The number of benzene rings is 1. The number of esters is 1. The third-order valence-corrected chi connectivity index (χ3v) is 4.35. The molecule has 1 aromatic carbocycles. The van der Waals surface area contributed by atoms with Gasteiger partial charge >= 0.3 is 5.97 Å². The maximum Gasteiger partial charge on any atom is 0.308 e. The number of rotatable bonds is 5. The number of nitro groups is 1. The fourth-order valence-corrected chi connectivity index (χ4v) is 2.83. The van der Waals surface area contributed by atoms with Crippen molar-refractivity contribution >= 4 is 23.3 Å². The predicted octanol–water partition coefficient (Wildman–Crippen LogP) is 1.81. The topological polar surface area (TPSA) is 102 Å². The molecule has 2 rings (SSSR count). The molecule has 1 aliphatic rings. The van der Waals surface area contributed by atoms with E-state index in [1.54, 1.807) is 19.1 Å². The van der Waals surface area contributed by atoms with Crippen molar-refractivity contribution in [3.63, 3.8) is 0 Å². The quantitative estimate of drug-likeness (QED) is 0.500. The van der Waals surface area contributed by atoms with Crippen LogP contribution >= 0.6 is 0 Å². The van der Waals surface area contributed by atoms with Crippen LogP contribution in [0.5, 0.6) is 0 Å². The zero-order valence-electron chi connectivity index (χ0n) is 13.7. The second kappa shape index (κ2) is 7.87. The summed E-state index contributed by atoms with van der Waals surface area (Å²) in [5.74, 6) is -0.649. The van der Waals surface area contributed by atoms with E-state index in [0.29, 0.717) is 25.9 Å². The average molecular weight is 335 g/mol. The van der Waals surface area contributed by atoms with Crippen LogP contribution < -0.4 is 5.32 Å². The fourth-order valence-electron chi connectivity index (χ4n) is 2.83. The van der Waals surface area contributed by atoms with Gasteiger partial charge in [0, 0.05) is 6.07 Å². The number of nitro benzene ring substituents is 1. The lowest BCUT2D eigenvalue weighted by Gasteiger charge is -2.34. The molecule has 0 aliphatic carbocycles. The molecule has 1 aliphatic heterocycles. The lowest BCUT2D eigenvalue weighted by Crippen LogP contribution is -2.47. The van der Waals surface area contributed by atoms with Gasteiger partial charge in [-0.05, 0) is 38.9 Å². The molecule has 1 N–H and O–H groups in total. The molecule has 0 spiro atoms. The van der Waals surface area contributed by atoms with Gasteiger partial charge in [-0.2, -0.15) is 0 Å². The molecule has 1 heterocycles. The third-order valence-electron chi connectivity index (χ3n) is 4.35. The molecule has 0 unspecified atom stereocenters. The van der Waals surface area contributed by atoms with Gasteiger partial charge in [0.2, 0.25) is 5.91 Å². The summed E-state index contributed by atoms with van der Waals surface area (Å²) >= 11 is 0. The van der Waals surface area contributed by atoms with Crippen LogP contribution in [0.3, 0.4) is 0 Å².